The Labute approximate surface area is 91.4 Å². The van der Waals surface area contributed by atoms with Crippen molar-refractivity contribution in [1.82, 2.24) is 15.5 Å². The molecule has 0 saturated carbocycles. The fraction of sp³-hybridized carbons (Fsp3) is 0.800. The van der Waals surface area contributed by atoms with Crippen LogP contribution in [0.2, 0.25) is 0 Å². The SMILES string of the molecule is CC(C)N(C)CCNCC(=O)NCC#N. The van der Waals surface area contributed by atoms with E-state index in [9.17, 15) is 4.79 Å². The van der Waals surface area contributed by atoms with Gasteiger partial charge >= 0.3 is 0 Å². The number of amides is 1. The monoisotopic (exact) mass is 212 g/mol. The van der Waals surface area contributed by atoms with E-state index in [1.807, 2.05) is 13.1 Å². The largest absolute Gasteiger partial charge is 0.342 e. The Hall–Kier alpha value is -1.12. The van der Waals surface area contributed by atoms with Gasteiger partial charge in [0.2, 0.25) is 5.91 Å². The van der Waals surface area contributed by atoms with Crippen molar-refractivity contribution in [2.75, 3.05) is 33.2 Å². The average molecular weight is 212 g/mol. The van der Waals surface area contributed by atoms with Crippen molar-refractivity contribution >= 4 is 5.91 Å². The molecule has 0 aromatic rings. The van der Waals surface area contributed by atoms with E-state index in [4.69, 9.17) is 5.26 Å². The molecule has 5 nitrogen and oxygen atoms in total. The van der Waals surface area contributed by atoms with Crippen LogP contribution in [0.15, 0.2) is 0 Å². The van der Waals surface area contributed by atoms with Crippen molar-refractivity contribution in [3.8, 4) is 6.07 Å². The van der Waals surface area contributed by atoms with E-state index < -0.39 is 0 Å². The molecule has 0 rings (SSSR count). The summed E-state index contributed by atoms with van der Waals surface area (Å²) in [5.41, 5.74) is 0. The van der Waals surface area contributed by atoms with Gasteiger partial charge in [0, 0.05) is 19.1 Å². The first-order chi connectivity index (χ1) is 7.07. The smallest absolute Gasteiger partial charge is 0.234 e. The second kappa shape index (κ2) is 8.21. The quantitative estimate of drug-likeness (QED) is 0.443. The second-order valence-electron chi connectivity index (χ2n) is 3.69. The maximum atomic E-state index is 11.0. The molecule has 15 heavy (non-hydrogen) atoms. The number of hydrogen-bond donors (Lipinski definition) is 2. The van der Waals surface area contributed by atoms with E-state index in [0.717, 1.165) is 13.1 Å². The van der Waals surface area contributed by atoms with Gasteiger partial charge in [-0.3, -0.25) is 4.79 Å². The highest BCUT2D eigenvalue weighted by Crippen LogP contribution is 1.90. The van der Waals surface area contributed by atoms with E-state index in [0.29, 0.717) is 6.04 Å². The number of nitrogens with one attached hydrogen (secondary N) is 2. The summed E-state index contributed by atoms with van der Waals surface area (Å²) in [6.45, 7) is 6.27. The lowest BCUT2D eigenvalue weighted by atomic mass is 10.3. The highest BCUT2D eigenvalue weighted by Gasteiger charge is 2.03. The first-order valence-corrected chi connectivity index (χ1v) is 5.12. The van der Waals surface area contributed by atoms with Crippen molar-refractivity contribution in [2.45, 2.75) is 19.9 Å². The normalized spacial score (nSPS) is 10.4. The highest BCUT2D eigenvalue weighted by molar-refractivity contribution is 5.78. The molecular weight excluding hydrogens is 192 g/mol. The average Bonchev–Trinajstić information content (AvgIpc) is 2.20. The van der Waals surface area contributed by atoms with Crippen molar-refractivity contribution in [1.29, 1.82) is 5.26 Å². The number of hydrogen-bond acceptors (Lipinski definition) is 4. The van der Waals surface area contributed by atoms with Gasteiger partial charge in [0.25, 0.3) is 0 Å². The summed E-state index contributed by atoms with van der Waals surface area (Å²) in [5.74, 6) is -0.135. The van der Waals surface area contributed by atoms with Crippen molar-refractivity contribution in [3.63, 3.8) is 0 Å². The van der Waals surface area contributed by atoms with Gasteiger partial charge in [-0.1, -0.05) is 0 Å². The van der Waals surface area contributed by atoms with Crippen LogP contribution >= 0.6 is 0 Å². The Morgan fingerprint density at radius 2 is 2.20 bits per heavy atom. The molecule has 0 bridgehead atoms. The van der Waals surface area contributed by atoms with Crippen LogP contribution in [-0.4, -0.2) is 50.1 Å². The Morgan fingerprint density at radius 1 is 1.53 bits per heavy atom. The van der Waals surface area contributed by atoms with E-state index in [2.05, 4.69) is 29.4 Å². The summed E-state index contributed by atoms with van der Waals surface area (Å²) in [5, 5.41) is 13.7. The lowest BCUT2D eigenvalue weighted by molar-refractivity contribution is -0.120. The zero-order chi connectivity index (χ0) is 11.7. The zero-order valence-electron chi connectivity index (χ0n) is 9.71. The summed E-state index contributed by atoms with van der Waals surface area (Å²) in [7, 11) is 2.04. The minimum absolute atomic E-state index is 0.0758. The summed E-state index contributed by atoms with van der Waals surface area (Å²) >= 11 is 0. The number of nitriles is 1. The number of rotatable bonds is 7. The molecule has 0 saturated heterocycles. The molecule has 5 heteroatoms. The first kappa shape index (κ1) is 13.9. The number of nitrogens with zero attached hydrogens (tertiary/aromatic N) is 2. The molecule has 0 aliphatic heterocycles. The van der Waals surface area contributed by atoms with Crippen LogP contribution in [0, 0.1) is 11.3 Å². The van der Waals surface area contributed by atoms with Gasteiger partial charge in [0.05, 0.1) is 12.6 Å². The molecule has 0 radical (unpaired) electrons. The fourth-order valence-electron chi connectivity index (χ4n) is 0.916. The van der Waals surface area contributed by atoms with Gasteiger partial charge in [0.1, 0.15) is 6.54 Å². The number of likely N-dealkylation sites (N-methyl/N-ethyl adjacent to an activating group) is 1. The minimum Gasteiger partial charge on any atom is -0.342 e. The van der Waals surface area contributed by atoms with Gasteiger partial charge in [-0.2, -0.15) is 5.26 Å². The van der Waals surface area contributed by atoms with Gasteiger partial charge in [0.15, 0.2) is 0 Å². The molecule has 0 atom stereocenters. The molecular formula is C10H20N4O. The predicted octanol–water partition coefficient (Wildman–Crippen LogP) is -0.444. The van der Waals surface area contributed by atoms with Crippen molar-refractivity contribution in [3.05, 3.63) is 0 Å². The van der Waals surface area contributed by atoms with Crippen LogP contribution in [0.5, 0.6) is 0 Å². The van der Waals surface area contributed by atoms with Gasteiger partial charge in [-0.15, -0.1) is 0 Å². The van der Waals surface area contributed by atoms with Crippen LogP contribution < -0.4 is 10.6 Å². The van der Waals surface area contributed by atoms with Crippen LogP contribution in [-0.2, 0) is 4.79 Å². The van der Waals surface area contributed by atoms with Crippen molar-refractivity contribution < 1.29 is 4.79 Å². The van der Waals surface area contributed by atoms with Crippen LogP contribution in [0.1, 0.15) is 13.8 Å². The molecule has 0 aromatic heterocycles. The first-order valence-electron chi connectivity index (χ1n) is 5.12. The molecule has 0 aliphatic rings. The third-order valence-electron chi connectivity index (χ3n) is 2.17. The van der Waals surface area contributed by atoms with E-state index in [-0.39, 0.29) is 19.0 Å². The third-order valence-corrected chi connectivity index (χ3v) is 2.17. The van der Waals surface area contributed by atoms with Crippen LogP contribution in [0.4, 0.5) is 0 Å². The maximum Gasteiger partial charge on any atom is 0.234 e. The van der Waals surface area contributed by atoms with Gasteiger partial charge in [-0.25, -0.2) is 0 Å². The van der Waals surface area contributed by atoms with Gasteiger partial charge in [-0.05, 0) is 20.9 Å². The Kier molecular flexibility index (Phi) is 7.60. The number of carbonyl (C=O) groups excluding carboxylic acids is 1. The maximum absolute atomic E-state index is 11.0. The minimum atomic E-state index is -0.135. The molecule has 0 aromatic carbocycles. The molecule has 2 N–H and O–H groups in total. The molecule has 1 amide bonds. The summed E-state index contributed by atoms with van der Waals surface area (Å²) in [6.07, 6.45) is 0. The fourth-order valence-corrected chi connectivity index (χ4v) is 0.916. The Balaban J connectivity index is 3.39. The summed E-state index contributed by atoms with van der Waals surface area (Å²) in [6, 6.07) is 2.37. The summed E-state index contributed by atoms with van der Waals surface area (Å²) in [4.78, 5) is 13.2. The molecule has 0 spiro atoms. The Bertz CT molecular complexity index is 222. The standard InChI is InChI=1S/C10H20N4O/c1-9(2)14(3)7-6-12-8-10(15)13-5-4-11/h9,12H,5-8H2,1-3H3,(H,13,15). The van der Waals surface area contributed by atoms with E-state index >= 15 is 0 Å². The second-order valence-corrected chi connectivity index (χ2v) is 3.69. The van der Waals surface area contributed by atoms with E-state index in [1.165, 1.54) is 0 Å². The van der Waals surface area contributed by atoms with Crippen LogP contribution in [0.25, 0.3) is 0 Å². The lowest BCUT2D eigenvalue weighted by Crippen LogP contribution is -2.38. The zero-order valence-corrected chi connectivity index (χ0v) is 9.71. The topological polar surface area (TPSA) is 68.2 Å². The van der Waals surface area contributed by atoms with Crippen LogP contribution in [0.3, 0.4) is 0 Å². The predicted molar refractivity (Wildman–Crippen MR) is 59.3 cm³/mol. The van der Waals surface area contributed by atoms with Gasteiger partial charge < -0.3 is 15.5 Å². The molecule has 86 valence electrons. The molecule has 0 heterocycles. The summed E-state index contributed by atoms with van der Waals surface area (Å²) < 4.78 is 0. The lowest BCUT2D eigenvalue weighted by Gasteiger charge is -2.20. The number of carbonyl (C=O) groups is 1. The highest BCUT2D eigenvalue weighted by atomic mass is 16.1. The molecule has 0 aliphatic carbocycles. The van der Waals surface area contributed by atoms with Crippen molar-refractivity contribution in [2.24, 2.45) is 0 Å². The molecule has 0 fully saturated rings. The Morgan fingerprint density at radius 3 is 2.73 bits per heavy atom. The molecule has 0 unspecified atom stereocenters. The third kappa shape index (κ3) is 7.91. The van der Waals surface area contributed by atoms with E-state index in [1.54, 1.807) is 0 Å².